The lowest BCUT2D eigenvalue weighted by Crippen LogP contribution is -2.05. The largest absolute Gasteiger partial charge is 0.495 e. The van der Waals surface area contributed by atoms with Crippen LogP contribution in [0.2, 0.25) is 0 Å². The van der Waals surface area contributed by atoms with E-state index in [9.17, 15) is 4.79 Å². The maximum absolute atomic E-state index is 13.1. The standard InChI is InChI=1S/C22H27NO5/c1-6-7-15(21(24)16-8-9-18(25-2)17(23)13-16)10-14-11-19(26-3)22(28-5)20(12-14)27-4/h8-13H,6-7,23H2,1-5H3. The molecule has 0 radical (unpaired) electrons. The van der Waals surface area contributed by atoms with Gasteiger partial charge < -0.3 is 24.7 Å². The summed E-state index contributed by atoms with van der Waals surface area (Å²) in [5, 5.41) is 0. The monoisotopic (exact) mass is 385 g/mol. The van der Waals surface area contributed by atoms with E-state index in [-0.39, 0.29) is 5.78 Å². The fraction of sp³-hybridized carbons (Fsp3) is 0.318. The van der Waals surface area contributed by atoms with E-state index in [1.807, 2.05) is 25.1 Å². The van der Waals surface area contributed by atoms with Crippen molar-refractivity contribution in [2.24, 2.45) is 0 Å². The number of Topliss-reactive ketones (excluding diaryl/α,β-unsaturated/α-hetero) is 1. The minimum atomic E-state index is -0.0787. The summed E-state index contributed by atoms with van der Waals surface area (Å²) in [6.45, 7) is 2.03. The highest BCUT2D eigenvalue weighted by atomic mass is 16.5. The minimum absolute atomic E-state index is 0.0787. The first-order valence-electron chi connectivity index (χ1n) is 8.97. The molecule has 2 rings (SSSR count). The van der Waals surface area contributed by atoms with Gasteiger partial charge in [0.05, 0.1) is 34.1 Å². The van der Waals surface area contributed by atoms with Crippen LogP contribution in [0.4, 0.5) is 5.69 Å². The molecule has 0 saturated carbocycles. The van der Waals surface area contributed by atoms with E-state index in [1.54, 1.807) is 46.6 Å². The van der Waals surface area contributed by atoms with Crippen LogP contribution in [0, 0.1) is 0 Å². The van der Waals surface area contributed by atoms with Crippen molar-refractivity contribution in [3.05, 3.63) is 47.0 Å². The Morgan fingerprint density at radius 1 is 0.929 bits per heavy atom. The smallest absolute Gasteiger partial charge is 0.203 e. The lowest BCUT2D eigenvalue weighted by molar-refractivity contribution is 0.103. The molecule has 0 aliphatic heterocycles. The first-order chi connectivity index (χ1) is 13.5. The first kappa shape index (κ1) is 21.2. The quantitative estimate of drug-likeness (QED) is 0.392. The molecule has 0 fully saturated rings. The zero-order valence-electron chi connectivity index (χ0n) is 17.0. The number of hydrogen-bond acceptors (Lipinski definition) is 6. The summed E-state index contributed by atoms with van der Waals surface area (Å²) in [5.74, 6) is 2.04. The van der Waals surface area contributed by atoms with E-state index in [2.05, 4.69) is 0 Å². The summed E-state index contributed by atoms with van der Waals surface area (Å²) < 4.78 is 21.3. The van der Waals surface area contributed by atoms with Gasteiger partial charge in [0.15, 0.2) is 17.3 Å². The zero-order valence-corrected chi connectivity index (χ0v) is 17.0. The number of nitrogens with two attached hydrogens (primary N) is 1. The van der Waals surface area contributed by atoms with E-state index >= 15 is 0 Å². The van der Waals surface area contributed by atoms with Crippen molar-refractivity contribution in [3.8, 4) is 23.0 Å². The molecule has 0 atom stereocenters. The summed E-state index contributed by atoms with van der Waals surface area (Å²) in [7, 11) is 6.21. The molecular formula is C22H27NO5. The lowest BCUT2D eigenvalue weighted by atomic mass is 9.96. The van der Waals surface area contributed by atoms with Gasteiger partial charge in [-0.15, -0.1) is 0 Å². The normalized spacial score (nSPS) is 11.1. The number of methoxy groups -OCH3 is 4. The molecule has 0 aliphatic rings. The topological polar surface area (TPSA) is 80.0 Å². The Hall–Kier alpha value is -3.15. The van der Waals surface area contributed by atoms with E-state index in [4.69, 9.17) is 24.7 Å². The molecule has 0 saturated heterocycles. The molecule has 0 spiro atoms. The summed E-state index contributed by atoms with van der Waals surface area (Å²) in [4.78, 5) is 13.1. The number of rotatable bonds is 9. The van der Waals surface area contributed by atoms with E-state index in [0.717, 1.165) is 12.0 Å². The van der Waals surface area contributed by atoms with Crippen LogP contribution in [0.15, 0.2) is 35.9 Å². The molecule has 150 valence electrons. The predicted molar refractivity (Wildman–Crippen MR) is 111 cm³/mol. The van der Waals surface area contributed by atoms with Gasteiger partial charge in [0, 0.05) is 11.1 Å². The highest BCUT2D eigenvalue weighted by Gasteiger charge is 2.16. The predicted octanol–water partition coefficient (Wildman–Crippen LogP) is 4.37. The van der Waals surface area contributed by atoms with Gasteiger partial charge in [0.1, 0.15) is 5.75 Å². The number of benzene rings is 2. The number of carbonyl (C=O) groups is 1. The van der Waals surface area contributed by atoms with Crippen molar-refractivity contribution < 1.29 is 23.7 Å². The van der Waals surface area contributed by atoms with Gasteiger partial charge in [-0.2, -0.15) is 0 Å². The Bertz CT molecular complexity index is 848. The molecule has 2 N–H and O–H groups in total. The molecule has 0 aliphatic carbocycles. The van der Waals surface area contributed by atoms with Crippen LogP contribution in [0.5, 0.6) is 23.0 Å². The number of anilines is 1. The van der Waals surface area contributed by atoms with Gasteiger partial charge in [-0.1, -0.05) is 13.3 Å². The van der Waals surface area contributed by atoms with E-state index in [1.165, 1.54) is 0 Å². The van der Waals surface area contributed by atoms with Crippen LogP contribution in [-0.2, 0) is 0 Å². The fourth-order valence-corrected chi connectivity index (χ4v) is 2.97. The molecule has 0 bridgehead atoms. The van der Waals surface area contributed by atoms with Gasteiger partial charge in [-0.05, 0) is 48.4 Å². The molecule has 6 nitrogen and oxygen atoms in total. The van der Waals surface area contributed by atoms with Gasteiger partial charge in [-0.3, -0.25) is 4.79 Å². The van der Waals surface area contributed by atoms with Crippen LogP contribution in [0.1, 0.15) is 35.7 Å². The number of carbonyl (C=O) groups excluding carboxylic acids is 1. The van der Waals surface area contributed by atoms with Gasteiger partial charge in [0.25, 0.3) is 0 Å². The van der Waals surface area contributed by atoms with Gasteiger partial charge in [-0.25, -0.2) is 0 Å². The second-order valence-electron chi connectivity index (χ2n) is 6.16. The van der Waals surface area contributed by atoms with Crippen molar-refractivity contribution in [1.82, 2.24) is 0 Å². The molecular weight excluding hydrogens is 358 g/mol. The average molecular weight is 385 g/mol. The Kier molecular flexibility index (Phi) is 7.32. The van der Waals surface area contributed by atoms with Gasteiger partial charge in [0.2, 0.25) is 5.75 Å². The Morgan fingerprint density at radius 2 is 1.54 bits per heavy atom. The molecule has 2 aromatic carbocycles. The lowest BCUT2D eigenvalue weighted by Gasteiger charge is -2.14. The van der Waals surface area contributed by atoms with Crippen molar-refractivity contribution in [2.45, 2.75) is 19.8 Å². The molecule has 0 aromatic heterocycles. The van der Waals surface area contributed by atoms with Crippen LogP contribution in [0.25, 0.3) is 6.08 Å². The summed E-state index contributed by atoms with van der Waals surface area (Å²) >= 11 is 0. The Labute approximate surface area is 165 Å². The summed E-state index contributed by atoms with van der Waals surface area (Å²) in [6, 6.07) is 8.68. The fourth-order valence-electron chi connectivity index (χ4n) is 2.97. The number of nitrogen functional groups attached to an aromatic ring is 1. The van der Waals surface area contributed by atoms with Crippen LogP contribution in [-0.4, -0.2) is 34.2 Å². The van der Waals surface area contributed by atoms with Gasteiger partial charge >= 0.3 is 0 Å². The number of ketones is 1. The van der Waals surface area contributed by atoms with Crippen LogP contribution < -0.4 is 24.7 Å². The minimum Gasteiger partial charge on any atom is -0.495 e. The third-order valence-electron chi connectivity index (χ3n) is 4.33. The number of allylic oxidation sites excluding steroid dienone is 1. The molecule has 0 unspecified atom stereocenters. The molecule has 28 heavy (non-hydrogen) atoms. The molecule has 2 aromatic rings. The Balaban J connectivity index is 2.49. The summed E-state index contributed by atoms with van der Waals surface area (Å²) in [6.07, 6.45) is 3.30. The van der Waals surface area contributed by atoms with Crippen molar-refractivity contribution >= 4 is 17.5 Å². The third kappa shape index (κ3) is 4.57. The van der Waals surface area contributed by atoms with Crippen LogP contribution >= 0.6 is 0 Å². The second-order valence-corrected chi connectivity index (χ2v) is 6.16. The van der Waals surface area contributed by atoms with Crippen molar-refractivity contribution in [1.29, 1.82) is 0 Å². The average Bonchev–Trinajstić information content (AvgIpc) is 2.71. The zero-order chi connectivity index (χ0) is 20.7. The third-order valence-corrected chi connectivity index (χ3v) is 4.33. The molecule has 0 amide bonds. The first-order valence-corrected chi connectivity index (χ1v) is 8.97. The van der Waals surface area contributed by atoms with Crippen molar-refractivity contribution in [2.75, 3.05) is 34.2 Å². The summed E-state index contributed by atoms with van der Waals surface area (Å²) in [5.41, 5.74) is 8.36. The molecule has 6 heteroatoms. The highest BCUT2D eigenvalue weighted by molar-refractivity contribution is 6.11. The Morgan fingerprint density at radius 3 is 2.00 bits per heavy atom. The number of hydrogen-bond donors (Lipinski definition) is 1. The maximum atomic E-state index is 13.1. The SMILES string of the molecule is CCCC(=Cc1cc(OC)c(OC)c(OC)c1)C(=O)c1ccc(OC)c(N)c1. The van der Waals surface area contributed by atoms with E-state index < -0.39 is 0 Å². The molecule has 0 heterocycles. The number of ether oxygens (including phenoxy) is 4. The second kappa shape index (κ2) is 9.69. The van der Waals surface area contributed by atoms with Crippen LogP contribution in [0.3, 0.4) is 0 Å². The van der Waals surface area contributed by atoms with E-state index in [0.29, 0.717) is 46.2 Å². The maximum Gasteiger partial charge on any atom is 0.203 e. The highest BCUT2D eigenvalue weighted by Crippen LogP contribution is 2.39. The van der Waals surface area contributed by atoms with Crippen molar-refractivity contribution in [3.63, 3.8) is 0 Å².